The van der Waals surface area contributed by atoms with Crippen LogP contribution in [-0.4, -0.2) is 47.9 Å². The summed E-state index contributed by atoms with van der Waals surface area (Å²) in [6.07, 6.45) is 10.7. The van der Waals surface area contributed by atoms with Gasteiger partial charge in [0.15, 0.2) is 0 Å². The quantitative estimate of drug-likeness (QED) is 0.303. The number of hydrogen-bond donors (Lipinski definition) is 1. The molecule has 152 valence electrons. The molecule has 0 aromatic rings. The number of likely N-dealkylation sites (tertiary alicyclic amines) is 1. The van der Waals surface area contributed by atoms with Crippen molar-refractivity contribution in [1.29, 1.82) is 0 Å². The smallest absolute Gasteiger partial charge is 0.328 e. The number of esters is 1. The Hall–Kier alpha value is -2.11. The van der Waals surface area contributed by atoms with Gasteiger partial charge in [-0.3, -0.25) is 9.59 Å². The lowest BCUT2D eigenvalue weighted by Crippen LogP contribution is -2.51. The number of amides is 2. The van der Waals surface area contributed by atoms with Gasteiger partial charge in [0.2, 0.25) is 11.8 Å². The molecule has 2 unspecified atom stereocenters. The number of ether oxygens (including phenoxy) is 1. The number of unbranched alkanes of at least 4 members (excludes halogenated alkanes) is 4. The molecule has 2 atom stereocenters. The highest BCUT2D eigenvalue weighted by Crippen LogP contribution is 2.20. The maximum atomic E-state index is 12.6. The van der Waals surface area contributed by atoms with Crippen LogP contribution in [0.1, 0.15) is 64.7 Å². The Balaban J connectivity index is 2.52. The highest BCUT2D eigenvalue weighted by Gasteiger charge is 2.35. The fourth-order valence-corrected chi connectivity index (χ4v) is 3.29. The lowest BCUT2D eigenvalue weighted by atomic mass is 10.1. The number of carbonyl (C=O) groups is 3. The molecule has 1 N–H and O–H groups in total. The van der Waals surface area contributed by atoms with Gasteiger partial charge in [-0.1, -0.05) is 25.0 Å². The van der Waals surface area contributed by atoms with Gasteiger partial charge in [-0.25, -0.2) is 4.79 Å². The van der Waals surface area contributed by atoms with Gasteiger partial charge in [0.1, 0.15) is 12.1 Å². The molecule has 1 fully saturated rings. The summed E-state index contributed by atoms with van der Waals surface area (Å²) >= 11 is 0. The largest absolute Gasteiger partial charge is 0.464 e. The average Bonchev–Trinajstić information content (AvgIpc) is 3.14. The van der Waals surface area contributed by atoms with E-state index in [-0.39, 0.29) is 18.4 Å². The van der Waals surface area contributed by atoms with Crippen LogP contribution in [0.5, 0.6) is 0 Å². The Morgan fingerprint density at radius 1 is 1.19 bits per heavy atom. The van der Waals surface area contributed by atoms with Gasteiger partial charge in [0.25, 0.3) is 0 Å². The van der Waals surface area contributed by atoms with Crippen LogP contribution in [0.15, 0.2) is 25.3 Å². The highest BCUT2D eigenvalue weighted by molar-refractivity contribution is 5.91. The Labute approximate surface area is 163 Å². The first-order valence-corrected chi connectivity index (χ1v) is 10.0. The molecule has 6 nitrogen and oxygen atoms in total. The summed E-state index contributed by atoms with van der Waals surface area (Å²) in [6.45, 7) is 9.90. The summed E-state index contributed by atoms with van der Waals surface area (Å²) in [5, 5.41) is 2.73. The zero-order chi connectivity index (χ0) is 20.1. The SMILES string of the molecule is C=CCCCCCCC(=O)N1CCCC1C(=O)NC(CC=C)C(=O)OCC. The predicted molar refractivity (Wildman–Crippen MR) is 106 cm³/mol. The molecule has 27 heavy (non-hydrogen) atoms. The minimum atomic E-state index is -0.752. The number of rotatable bonds is 13. The lowest BCUT2D eigenvalue weighted by Gasteiger charge is -2.26. The average molecular weight is 379 g/mol. The first-order valence-electron chi connectivity index (χ1n) is 10.0. The highest BCUT2D eigenvalue weighted by atomic mass is 16.5. The molecule has 1 saturated heterocycles. The topological polar surface area (TPSA) is 75.7 Å². The van der Waals surface area contributed by atoms with Gasteiger partial charge in [0.05, 0.1) is 6.61 Å². The maximum Gasteiger partial charge on any atom is 0.328 e. The standard InChI is InChI=1S/C21H34N2O4/c1-4-7-8-9-10-11-15-19(24)23-16-12-14-18(23)20(25)22-17(13-5-2)21(26)27-6-3/h4-5,17-18H,1-2,6-16H2,3H3,(H,22,25). The fourth-order valence-electron chi connectivity index (χ4n) is 3.29. The van der Waals surface area contributed by atoms with Crippen LogP contribution in [0.2, 0.25) is 0 Å². The van der Waals surface area contributed by atoms with Crippen molar-refractivity contribution in [3.63, 3.8) is 0 Å². The molecular weight excluding hydrogens is 344 g/mol. The van der Waals surface area contributed by atoms with Gasteiger partial charge < -0.3 is 15.0 Å². The second kappa shape index (κ2) is 13.1. The second-order valence-corrected chi connectivity index (χ2v) is 6.82. The molecule has 1 aliphatic heterocycles. The van der Waals surface area contributed by atoms with Crippen LogP contribution < -0.4 is 5.32 Å². The third kappa shape index (κ3) is 7.97. The van der Waals surface area contributed by atoms with Crippen LogP contribution in [0.4, 0.5) is 0 Å². The Bertz CT molecular complexity index is 518. The zero-order valence-electron chi connectivity index (χ0n) is 16.6. The van der Waals surface area contributed by atoms with Crippen molar-refractivity contribution in [2.24, 2.45) is 0 Å². The predicted octanol–water partition coefficient (Wildman–Crippen LogP) is 3.13. The van der Waals surface area contributed by atoms with Gasteiger partial charge in [0, 0.05) is 13.0 Å². The number of hydrogen-bond acceptors (Lipinski definition) is 4. The third-order valence-corrected chi connectivity index (χ3v) is 4.71. The second-order valence-electron chi connectivity index (χ2n) is 6.82. The minimum Gasteiger partial charge on any atom is -0.464 e. The van der Waals surface area contributed by atoms with Gasteiger partial charge in [-0.05, 0) is 45.4 Å². The molecule has 6 heteroatoms. The third-order valence-electron chi connectivity index (χ3n) is 4.71. The molecule has 0 saturated carbocycles. The van der Waals surface area contributed by atoms with Crippen molar-refractivity contribution in [3.8, 4) is 0 Å². The minimum absolute atomic E-state index is 0.0211. The lowest BCUT2D eigenvalue weighted by molar-refractivity contribution is -0.148. The Morgan fingerprint density at radius 3 is 2.59 bits per heavy atom. The summed E-state index contributed by atoms with van der Waals surface area (Å²) in [6, 6.07) is -1.25. The maximum absolute atomic E-state index is 12.6. The number of nitrogens with zero attached hydrogens (tertiary/aromatic N) is 1. The van der Waals surface area contributed by atoms with Crippen molar-refractivity contribution in [2.45, 2.75) is 76.8 Å². The van der Waals surface area contributed by atoms with E-state index in [1.165, 1.54) is 0 Å². The number of carbonyl (C=O) groups excluding carboxylic acids is 3. The van der Waals surface area contributed by atoms with E-state index >= 15 is 0 Å². The molecule has 0 aromatic carbocycles. The van der Waals surface area contributed by atoms with E-state index in [2.05, 4.69) is 18.5 Å². The van der Waals surface area contributed by atoms with Gasteiger partial charge in [-0.2, -0.15) is 0 Å². The molecule has 0 bridgehead atoms. The summed E-state index contributed by atoms with van der Waals surface area (Å²) in [4.78, 5) is 38.8. The van der Waals surface area contributed by atoms with E-state index in [9.17, 15) is 14.4 Å². The first-order chi connectivity index (χ1) is 13.0. The van der Waals surface area contributed by atoms with Crippen LogP contribution in [0.3, 0.4) is 0 Å². The van der Waals surface area contributed by atoms with Gasteiger partial charge in [-0.15, -0.1) is 13.2 Å². The van der Waals surface area contributed by atoms with E-state index in [1.807, 2.05) is 6.08 Å². The first kappa shape index (κ1) is 22.9. The van der Waals surface area contributed by atoms with Crippen LogP contribution in [0, 0.1) is 0 Å². The van der Waals surface area contributed by atoms with E-state index < -0.39 is 18.1 Å². The molecule has 1 rings (SSSR count). The monoisotopic (exact) mass is 378 g/mol. The summed E-state index contributed by atoms with van der Waals surface area (Å²) < 4.78 is 5.00. The summed E-state index contributed by atoms with van der Waals surface area (Å²) in [5.74, 6) is -0.736. The van der Waals surface area contributed by atoms with Crippen molar-refractivity contribution in [2.75, 3.05) is 13.2 Å². The molecule has 1 aliphatic rings. The molecular formula is C21H34N2O4. The number of allylic oxidation sites excluding steroid dienone is 1. The fraction of sp³-hybridized carbons (Fsp3) is 0.667. The molecule has 1 heterocycles. The molecule has 2 amide bonds. The van der Waals surface area contributed by atoms with Crippen molar-refractivity contribution < 1.29 is 19.1 Å². The van der Waals surface area contributed by atoms with Crippen LogP contribution in [-0.2, 0) is 19.1 Å². The zero-order valence-corrected chi connectivity index (χ0v) is 16.6. The Kier molecular flexibility index (Phi) is 11.1. The van der Waals surface area contributed by atoms with E-state index in [4.69, 9.17) is 4.74 Å². The van der Waals surface area contributed by atoms with Crippen molar-refractivity contribution >= 4 is 17.8 Å². The van der Waals surface area contributed by atoms with E-state index in [1.54, 1.807) is 17.9 Å². The molecule has 0 radical (unpaired) electrons. The van der Waals surface area contributed by atoms with Gasteiger partial charge >= 0.3 is 5.97 Å². The summed E-state index contributed by atoms with van der Waals surface area (Å²) in [7, 11) is 0. The van der Waals surface area contributed by atoms with E-state index in [0.29, 0.717) is 25.8 Å². The molecule has 0 aliphatic carbocycles. The Morgan fingerprint density at radius 2 is 1.93 bits per heavy atom. The number of nitrogens with one attached hydrogen (secondary N) is 1. The van der Waals surface area contributed by atoms with Crippen LogP contribution in [0.25, 0.3) is 0 Å². The van der Waals surface area contributed by atoms with Crippen molar-refractivity contribution in [1.82, 2.24) is 10.2 Å². The normalized spacial score (nSPS) is 17.2. The molecule has 0 spiro atoms. The van der Waals surface area contributed by atoms with Crippen LogP contribution >= 0.6 is 0 Å². The van der Waals surface area contributed by atoms with Crippen molar-refractivity contribution in [3.05, 3.63) is 25.3 Å². The molecule has 0 aromatic heterocycles. The summed E-state index contributed by atoms with van der Waals surface area (Å²) in [5.41, 5.74) is 0. The van der Waals surface area contributed by atoms with E-state index in [0.717, 1.165) is 38.5 Å².